The number of esters is 4. The van der Waals surface area contributed by atoms with E-state index in [-0.39, 0.29) is 25.7 Å². The maximum atomic E-state index is 13.0. The molecule has 0 saturated heterocycles. The van der Waals surface area contributed by atoms with E-state index in [1.807, 2.05) is 0 Å². The zero-order valence-electron chi connectivity index (χ0n) is 55.2. The molecule has 0 spiro atoms. The Morgan fingerprint density at radius 3 is 0.729 bits per heavy atom. The van der Waals surface area contributed by atoms with E-state index in [0.717, 1.165) is 108 Å². The van der Waals surface area contributed by atoms with Crippen molar-refractivity contribution in [3.05, 3.63) is 0 Å². The maximum absolute atomic E-state index is 13.0. The van der Waals surface area contributed by atoms with Crippen molar-refractivity contribution in [2.45, 2.75) is 337 Å². The Morgan fingerprint density at radius 2 is 0.494 bits per heavy atom. The van der Waals surface area contributed by atoms with Gasteiger partial charge in [-0.1, -0.05) is 267 Å². The highest BCUT2D eigenvalue weighted by atomic mass is 31.2. The quantitative estimate of drug-likeness (QED) is 0.0222. The summed E-state index contributed by atoms with van der Waals surface area (Å²) in [6.07, 6.45) is 36.4. The molecule has 5 atom stereocenters. The minimum Gasteiger partial charge on any atom is -0.462 e. The molecule has 19 heteroatoms. The number of phosphoric acid groups is 2. The Bertz CT molecular complexity index is 1700. The Morgan fingerprint density at radius 1 is 0.294 bits per heavy atom. The van der Waals surface area contributed by atoms with Crippen LogP contribution in [-0.4, -0.2) is 96.7 Å². The van der Waals surface area contributed by atoms with Crippen LogP contribution in [0.5, 0.6) is 0 Å². The van der Waals surface area contributed by atoms with E-state index in [1.54, 1.807) is 0 Å². The van der Waals surface area contributed by atoms with Gasteiger partial charge in [0.2, 0.25) is 0 Å². The summed E-state index contributed by atoms with van der Waals surface area (Å²) in [5, 5.41) is 10.5. The molecule has 0 saturated carbocycles. The standard InChI is InChI=1S/C66H128O17P2/c1-56(2)42-34-26-18-11-9-10-12-22-30-38-46-63(68)76-52-61(82-65(70)48-40-32-24-16-14-20-28-36-44-58(5)6)54-80-84(72,73)78-50-60(67)51-79-85(74,75)81-55-62(83-66(71)49-41-33-25-17-21-29-37-45-59(7)8)53-77-64(69)47-39-31-23-15-13-19-27-35-43-57(3)4/h56-62,67H,9-55H2,1-8H3,(H,72,73)(H,74,75)/t60?,61-,62-/m1/s1. The fourth-order valence-electron chi connectivity index (χ4n) is 9.78. The van der Waals surface area contributed by atoms with Gasteiger partial charge in [-0.3, -0.25) is 37.3 Å². The van der Waals surface area contributed by atoms with Gasteiger partial charge in [-0.05, 0) is 49.4 Å². The van der Waals surface area contributed by atoms with Crippen molar-refractivity contribution in [1.82, 2.24) is 0 Å². The molecule has 0 aromatic heterocycles. The van der Waals surface area contributed by atoms with E-state index in [9.17, 15) is 43.2 Å². The minimum absolute atomic E-state index is 0.102. The maximum Gasteiger partial charge on any atom is 0.472 e. The van der Waals surface area contributed by atoms with E-state index < -0.39 is 97.5 Å². The van der Waals surface area contributed by atoms with Crippen LogP contribution in [0.15, 0.2) is 0 Å². The van der Waals surface area contributed by atoms with Crippen LogP contribution in [0.25, 0.3) is 0 Å². The summed E-state index contributed by atoms with van der Waals surface area (Å²) in [7, 11) is -9.89. The summed E-state index contributed by atoms with van der Waals surface area (Å²) < 4.78 is 68.1. The number of ether oxygens (including phenoxy) is 4. The van der Waals surface area contributed by atoms with Crippen LogP contribution in [-0.2, 0) is 65.4 Å². The first-order valence-corrected chi connectivity index (χ1v) is 37.2. The van der Waals surface area contributed by atoms with E-state index >= 15 is 0 Å². The molecular formula is C66H128O17P2. The molecule has 0 rings (SSSR count). The second-order valence-corrected chi connectivity index (χ2v) is 28.7. The van der Waals surface area contributed by atoms with Crippen molar-refractivity contribution in [3.8, 4) is 0 Å². The number of hydrogen-bond donors (Lipinski definition) is 3. The number of carbonyl (C=O) groups is 4. The van der Waals surface area contributed by atoms with Gasteiger partial charge in [-0.2, -0.15) is 0 Å². The molecule has 3 unspecified atom stereocenters. The average Bonchev–Trinajstić information content (AvgIpc) is 3.54. The number of carbonyl (C=O) groups excluding carboxylic acids is 4. The normalized spacial score (nSPS) is 14.4. The highest BCUT2D eigenvalue weighted by molar-refractivity contribution is 7.47. The topological polar surface area (TPSA) is 237 Å². The Labute approximate surface area is 517 Å². The lowest BCUT2D eigenvalue weighted by Gasteiger charge is -2.21. The SMILES string of the molecule is CC(C)CCCCCCCCCCCCC(=O)OC[C@H](COP(=O)(O)OCC(O)COP(=O)(O)OC[C@@H](COC(=O)CCCCCCCCCCC(C)C)OC(=O)CCCCCCCCCC(C)C)OC(=O)CCCCCCCCCCC(C)C. The molecule has 0 radical (unpaired) electrons. The van der Waals surface area contributed by atoms with Gasteiger partial charge in [0, 0.05) is 25.7 Å². The van der Waals surface area contributed by atoms with Crippen LogP contribution >= 0.6 is 15.6 Å². The van der Waals surface area contributed by atoms with Crippen LogP contribution in [0, 0.1) is 23.7 Å². The van der Waals surface area contributed by atoms with Gasteiger partial charge in [0.05, 0.1) is 26.4 Å². The minimum atomic E-state index is -4.95. The van der Waals surface area contributed by atoms with Crippen molar-refractivity contribution in [1.29, 1.82) is 0 Å². The predicted octanol–water partition coefficient (Wildman–Crippen LogP) is 18.1. The van der Waals surface area contributed by atoms with Crippen LogP contribution in [0.4, 0.5) is 0 Å². The Hall–Kier alpha value is -1.94. The van der Waals surface area contributed by atoms with Gasteiger partial charge < -0.3 is 33.8 Å². The lowest BCUT2D eigenvalue weighted by molar-refractivity contribution is -0.161. The number of aliphatic hydroxyl groups excluding tert-OH is 1. The Kier molecular flexibility index (Phi) is 54.8. The zero-order chi connectivity index (χ0) is 63.2. The van der Waals surface area contributed by atoms with Crippen molar-refractivity contribution in [2.75, 3.05) is 39.6 Å². The first-order chi connectivity index (χ1) is 40.6. The largest absolute Gasteiger partial charge is 0.472 e. The zero-order valence-corrected chi connectivity index (χ0v) is 57.0. The van der Waals surface area contributed by atoms with Gasteiger partial charge in [0.1, 0.15) is 19.3 Å². The number of phosphoric ester groups is 2. The summed E-state index contributed by atoms with van der Waals surface area (Å²) in [4.78, 5) is 72.3. The van der Waals surface area contributed by atoms with Crippen LogP contribution < -0.4 is 0 Å². The summed E-state index contributed by atoms with van der Waals surface area (Å²) in [5.74, 6) is 0.760. The molecule has 0 aliphatic heterocycles. The second kappa shape index (κ2) is 56.1. The molecule has 0 heterocycles. The van der Waals surface area contributed by atoms with Gasteiger partial charge in [-0.25, -0.2) is 9.13 Å². The second-order valence-electron chi connectivity index (χ2n) is 25.8. The molecule has 0 aromatic carbocycles. The first kappa shape index (κ1) is 83.1. The number of hydrogen-bond acceptors (Lipinski definition) is 15. The molecule has 0 aliphatic carbocycles. The summed E-state index contributed by atoms with van der Waals surface area (Å²) >= 11 is 0. The third-order valence-electron chi connectivity index (χ3n) is 15.1. The van der Waals surface area contributed by atoms with Crippen molar-refractivity contribution < 1.29 is 80.2 Å². The summed E-state index contributed by atoms with van der Waals surface area (Å²) in [6.45, 7) is 14.0. The average molecular weight is 1260 g/mol. The molecule has 0 amide bonds. The van der Waals surface area contributed by atoms with Crippen molar-refractivity contribution >= 4 is 39.5 Å². The summed E-state index contributed by atoms with van der Waals surface area (Å²) in [6, 6.07) is 0. The third kappa shape index (κ3) is 60.7. The van der Waals surface area contributed by atoms with E-state index in [0.29, 0.717) is 31.6 Å². The summed E-state index contributed by atoms with van der Waals surface area (Å²) in [5.41, 5.74) is 0. The van der Waals surface area contributed by atoms with Crippen molar-refractivity contribution in [3.63, 3.8) is 0 Å². The number of unbranched alkanes of at least 4 members (excludes halogenated alkanes) is 29. The third-order valence-corrected chi connectivity index (χ3v) is 17.0. The van der Waals surface area contributed by atoms with Gasteiger partial charge >= 0.3 is 39.5 Å². The number of aliphatic hydroxyl groups is 1. The van der Waals surface area contributed by atoms with Gasteiger partial charge in [-0.15, -0.1) is 0 Å². The van der Waals surface area contributed by atoms with Gasteiger partial charge in [0.25, 0.3) is 0 Å². The smallest absolute Gasteiger partial charge is 0.462 e. The number of rotatable bonds is 63. The molecule has 0 aliphatic rings. The predicted molar refractivity (Wildman–Crippen MR) is 340 cm³/mol. The highest BCUT2D eigenvalue weighted by Gasteiger charge is 2.30. The van der Waals surface area contributed by atoms with Crippen LogP contribution in [0.1, 0.15) is 319 Å². The van der Waals surface area contributed by atoms with Crippen LogP contribution in [0.2, 0.25) is 0 Å². The molecule has 3 N–H and O–H groups in total. The van der Waals surface area contributed by atoms with Gasteiger partial charge in [0.15, 0.2) is 12.2 Å². The Balaban J connectivity index is 5.25. The molecular weight excluding hydrogens is 1130 g/mol. The van der Waals surface area contributed by atoms with Crippen LogP contribution in [0.3, 0.4) is 0 Å². The van der Waals surface area contributed by atoms with E-state index in [2.05, 4.69) is 55.4 Å². The van der Waals surface area contributed by atoms with Crippen molar-refractivity contribution in [2.24, 2.45) is 23.7 Å². The molecule has 504 valence electrons. The van der Waals surface area contributed by atoms with E-state index in [4.69, 9.17) is 37.0 Å². The fraction of sp³-hybridized carbons (Fsp3) is 0.939. The monoisotopic (exact) mass is 1250 g/mol. The molecule has 0 bridgehead atoms. The fourth-order valence-corrected chi connectivity index (χ4v) is 11.4. The molecule has 85 heavy (non-hydrogen) atoms. The lowest BCUT2D eigenvalue weighted by Crippen LogP contribution is -2.30. The lowest BCUT2D eigenvalue weighted by atomic mass is 10.0. The van der Waals surface area contributed by atoms with E-state index in [1.165, 1.54) is 122 Å². The highest BCUT2D eigenvalue weighted by Crippen LogP contribution is 2.45. The molecule has 17 nitrogen and oxygen atoms in total. The molecule has 0 aromatic rings. The molecule has 0 fully saturated rings. The first-order valence-electron chi connectivity index (χ1n) is 34.2.